The van der Waals surface area contributed by atoms with Gasteiger partial charge in [-0.25, -0.2) is 0 Å². The average Bonchev–Trinajstić information content (AvgIpc) is 2.54. The Balaban J connectivity index is 2.37. The van der Waals surface area contributed by atoms with Crippen LogP contribution in [0.4, 0.5) is 5.69 Å². The van der Waals surface area contributed by atoms with E-state index in [1.54, 1.807) is 12.1 Å². The minimum absolute atomic E-state index is 0.000460. The second-order valence-electron chi connectivity index (χ2n) is 2.98. The van der Waals surface area contributed by atoms with Crippen LogP contribution in [0.3, 0.4) is 0 Å². The number of carbonyl (C=O) groups is 2. The molecular formula is C11H7NO2. The Kier molecular flexibility index (Phi) is 2.04. The van der Waals surface area contributed by atoms with E-state index in [1.807, 2.05) is 6.07 Å². The van der Waals surface area contributed by atoms with E-state index in [-0.39, 0.29) is 5.91 Å². The summed E-state index contributed by atoms with van der Waals surface area (Å²) in [6, 6.07) is 5.40. The molecule has 1 N–H and O–H groups in total. The Bertz CT molecular complexity index is 466. The van der Waals surface area contributed by atoms with Crippen LogP contribution < -0.4 is 5.32 Å². The summed E-state index contributed by atoms with van der Waals surface area (Å²) in [5.74, 6) is 5.01. The fourth-order valence-corrected chi connectivity index (χ4v) is 1.42. The number of benzene rings is 1. The molecule has 1 amide bonds. The van der Waals surface area contributed by atoms with E-state index in [1.165, 1.54) is 0 Å². The molecule has 2 rings (SSSR count). The van der Waals surface area contributed by atoms with Crippen molar-refractivity contribution in [2.75, 3.05) is 5.32 Å². The van der Waals surface area contributed by atoms with Gasteiger partial charge in [0.15, 0.2) is 6.29 Å². The third-order valence-corrected chi connectivity index (χ3v) is 2.01. The van der Waals surface area contributed by atoms with Crippen molar-refractivity contribution in [2.24, 2.45) is 0 Å². The summed E-state index contributed by atoms with van der Waals surface area (Å²) in [7, 11) is 0. The van der Waals surface area contributed by atoms with Gasteiger partial charge in [-0.05, 0) is 29.7 Å². The SMILES string of the molecule is O=CC#Cc1ccc2c(c1)CC(=O)N2. The molecule has 3 nitrogen and oxygen atoms in total. The van der Waals surface area contributed by atoms with Crippen LogP contribution in [0.5, 0.6) is 0 Å². The number of carbonyl (C=O) groups excluding carboxylic acids is 2. The molecule has 0 aromatic heterocycles. The largest absolute Gasteiger partial charge is 0.326 e. The molecule has 0 bridgehead atoms. The molecule has 0 radical (unpaired) electrons. The molecule has 0 unspecified atom stereocenters. The minimum Gasteiger partial charge on any atom is -0.326 e. The zero-order chi connectivity index (χ0) is 9.97. The molecule has 0 fully saturated rings. The van der Waals surface area contributed by atoms with Crippen molar-refractivity contribution < 1.29 is 9.59 Å². The minimum atomic E-state index is 0.000460. The van der Waals surface area contributed by atoms with E-state index in [9.17, 15) is 9.59 Å². The molecule has 0 spiro atoms. The van der Waals surface area contributed by atoms with Crippen LogP contribution in [0.1, 0.15) is 11.1 Å². The molecule has 14 heavy (non-hydrogen) atoms. The highest BCUT2D eigenvalue weighted by molar-refractivity contribution is 5.99. The lowest BCUT2D eigenvalue weighted by molar-refractivity contribution is -0.115. The van der Waals surface area contributed by atoms with E-state index >= 15 is 0 Å². The van der Waals surface area contributed by atoms with Crippen LogP contribution in [-0.2, 0) is 16.0 Å². The molecule has 3 heteroatoms. The van der Waals surface area contributed by atoms with E-state index in [0.29, 0.717) is 12.7 Å². The fraction of sp³-hybridized carbons (Fsp3) is 0.0909. The summed E-state index contributed by atoms with van der Waals surface area (Å²) >= 11 is 0. The third kappa shape index (κ3) is 1.50. The van der Waals surface area contributed by atoms with Gasteiger partial charge in [-0.15, -0.1) is 0 Å². The van der Waals surface area contributed by atoms with Crippen molar-refractivity contribution in [3.63, 3.8) is 0 Å². The number of hydrogen-bond acceptors (Lipinski definition) is 2. The lowest BCUT2D eigenvalue weighted by Crippen LogP contribution is -2.03. The number of anilines is 1. The predicted molar refractivity (Wildman–Crippen MR) is 51.7 cm³/mol. The first-order chi connectivity index (χ1) is 6.79. The standard InChI is InChI=1S/C11H7NO2/c13-5-1-2-8-3-4-10-9(6-8)7-11(14)12-10/h3-6H,7H2,(H,12,14). The second kappa shape index (κ2) is 3.35. The molecule has 0 atom stereocenters. The lowest BCUT2D eigenvalue weighted by atomic mass is 10.1. The van der Waals surface area contributed by atoms with Crippen LogP contribution >= 0.6 is 0 Å². The average molecular weight is 185 g/mol. The maximum absolute atomic E-state index is 11.0. The summed E-state index contributed by atoms with van der Waals surface area (Å²) in [6.07, 6.45) is 0.947. The van der Waals surface area contributed by atoms with Gasteiger partial charge in [-0.2, -0.15) is 0 Å². The summed E-state index contributed by atoms with van der Waals surface area (Å²) in [6.45, 7) is 0. The molecule has 1 aromatic carbocycles. The number of aldehydes is 1. The fourth-order valence-electron chi connectivity index (χ4n) is 1.42. The van der Waals surface area contributed by atoms with E-state index < -0.39 is 0 Å². The van der Waals surface area contributed by atoms with Gasteiger partial charge in [0.25, 0.3) is 0 Å². The van der Waals surface area contributed by atoms with Crippen LogP contribution in [0, 0.1) is 11.8 Å². The summed E-state index contributed by atoms with van der Waals surface area (Å²) < 4.78 is 0. The topological polar surface area (TPSA) is 46.2 Å². The van der Waals surface area contributed by atoms with Gasteiger partial charge in [-0.1, -0.05) is 5.92 Å². The molecule has 1 heterocycles. The number of fused-ring (bicyclic) bond motifs is 1. The smallest absolute Gasteiger partial charge is 0.228 e. The Morgan fingerprint density at radius 1 is 1.43 bits per heavy atom. The van der Waals surface area contributed by atoms with E-state index in [2.05, 4.69) is 17.2 Å². The number of amides is 1. The van der Waals surface area contributed by atoms with Gasteiger partial charge in [0, 0.05) is 11.3 Å². The Morgan fingerprint density at radius 2 is 2.29 bits per heavy atom. The summed E-state index contributed by atoms with van der Waals surface area (Å²) in [5.41, 5.74) is 2.53. The van der Waals surface area contributed by atoms with Crippen molar-refractivity contribution in [1.82, 2.24) is 0 Å². The molecule has 68 valence electrons. The number of hydrogen-bond donors (Lipinski definition) is 1. The van der Waals surface area contributed by atoms with Gasteiger partial charge in [0.2, 0.25) is 5.91 Å². The third-order valence-electron chi connectivity index (χ3n) is 2.01. The van der Waals surface area contributed by atoms with Crippen LogP contribution in [0.2, 0.25) is 0 Å². The monoisotopic (exact) mass is 185 g/mol. The zero-order valence-electron chi connectivity index (χ0n) is 7.33. The van der Waals surface area contributed by atoms with Crippen LogP contribution in [-0.4, -0.2) is 12.2 Å². The van der Waals surface area contributed by atoms with Gasteiger partial charge in [-0.3, -0.25) is 9.59 Å². The molecule has 0 saturated carbocycles. The quantitative estimate of drug-likeness (QED) is 0.478. The molecular weight excluding hydrogens is 178 g/mol. The molecule has 1 aromatic rings. The first kappa shape index (κ1) is 8.52. The van der Waals surface area contributed by atoms with Crippen molar-refractivity contribution in [3.05, 3.63) is 29.3 Å². The lowest BCUT2D eigenvalue weighted by Gasteiger charge is -1.97. The van der Waals surface area contributed by atoms with Crippen molar-refractivity contribution >= 4 is 17.9 Å². The molecule has 1 aliphatic rings. The molecule has 0 saturated heterocycles. The molecule has 1 aliphatic heterocycles. The maximum atomic E-state index is 11.0. The van der Waals surface area contributed by atoms with Gasteiger partial charge < -0.3 is 5.32 Å². The number of nitrogens with one attached hydrogen (secondary N) is 1. The summed E-state index contributed by atoms with van der Waals surface area (Å²) in [4.78, 5) is 21.0. The second-order valence-corrected chi connectivity index (χ2v) is 2.98. The van der Waals surface area contributed by atoms with Crippen molar-refractivity contribution in [3.8, 4) is 11.8 Å². The zero-order valence-corrected chi connectivity index (χ0v) is 7.33. The van der Waals surface area contributed by atoms with Gasteiger partial charge in [0.05, 0.1) is 6.42 Å². The molecule has 0 aliphatic carbocycles. The summed E-state index contributed by atoms with van der Waals surface area (Å²) in [5, 5.41) is 2.72. The highest BCUT2D eigenvalue weighted by Crippen LogP contribution is 2.23. The Labute approximate surface area is 81.1 Å². The van der Waals surface area contributed by atoms with E-state index in [0.717, 1.165) is 16.8 Å². The van der Waals surface area contributed by atoms with Crippen LogP contribution in [0.15, 0.2) is 18.2 Å². The normalized spacial score (nSPS) is 12.4. The highest BCUT2D eigenvalue weighted by Gasteiger charge is 2.16. The van der Waals surface area contributed by atoms with E-state index in [4.69, 9.17) is 0 Å². The van der Waals surface area contributed by atoms with Gasteiger partial charge in [0.1, 0.15) is 0 Å². The van der Waals surface area contributed by atoms with Crippen molar-refractivity contribution in [1.29, 1.82) is 0 Å². The predicted octanol–water partition coefficient (Wildman–Crippen LogP) is 0.732. The van der Waals surface area contributed by atoms with Crippen molar-refractivity contribution in [2.45, 2.75) is 6.42 Å². The first-order valence-electron chi connectivity index (χ1n) is 4.17. The number of rotatable bonds is 0. The van der Waals surface area contributed by atoms with Gasteiger partial charge >= 0.3 is 0 Å². The Morgan fingerprint density at radius 3 is 3.07 bits per heavy atom. The van der Waals surface area contributed by atoms with Crippen LogP contribution in [0.25, 0.3) is 0 Å². The maximum Gasteiger partial charge on any atom is 0.228 e. The highest BCUT2D eigenvalue weighted by atomic mass is 16.1. The first-order valence-corrected chi connectivity index (χ1v) is 4.17. The Hall–Kier alpha value is -2.08.